The first kappa shape index (κ1) is 31.1. The summed E-state index contributed by atoms with van der Waals surface area (Å²) in [6, 6.07) is 1.53. The lowest BCUT2D eigenvalue weighted by Crippen LogP contribution is -2.43. The molecule has 1 atom stereocenters. The van der Waals surface area contributed by atoms with Crippen LogP contribution in [0, 0.1) is 0 Å². The summed E-state index contributed by atoms with van der Waals surface area (Å²) in [4.78, 5) is 2.48. The smallest absolute Gasteiger partial charge is 0.377 e. The standard InChI is InChI=1S/C26H57NO3Si/c1-7-8-9-10-11-12-13-14-15-16-17-18-19-20-21-23-26(2)27(3)24-22-25-31(28-4,29-5)30-6/h26H,7-25H2,1-6H3. The molecule has 188 valence electrons. The van der Waals surface area contributed by atoms with E-state index in [1.165, 1.54) is 103 Å². The molecule has 31 heavy (non-hydrogen) atoms. The summed E-state index contributed by atoms with van der Waals surface area (Å²) in [5.74, 6) is 0. The highest BCUT2D eigenvalue weighted by Crippen LogP contribution is 2.17. The Morgan fingerprint density at radius 3 is 1.39 bits per heavy atom. The Labute approximate surface area is 197 Å². The summed E-state index contributed by atoms with van der Waals surface area (Å²) in [7, 11) is 4.92. The van der Waals surface area contributed by atoms with Crippen molar-refractivity contribution < 1.29 is 13.3 Å². The third-order valence-corrected chi connectivity index (χ3v) is 9.74. The molecule has 0 rings (SSSR count). The Morgan fingerprint density at radius 1 is 0.613 bits per heavy atom. The lowest BCUT2D eigenvalue weighted by molar-refractivity contribution is 0.121. The average molecular weight is 460 g/mol. The van der Waals surface area contributed by atoms with E-state index in [1.54, 1.807) is 21.3 Å². The van der Waals surface area contributed by atoms with Crippen LogP contribution in [0.5, 0.6) is 0 Å². The van der Waals surface area contributed by atoms with Crippen molar-refractivity contribution in [3.63, 3.8) is 0 Å². The van der Waals surface area contributed by atoms with Crippen LogP contribution in [-0.2, 0) is 13.3 Å². The maximum absolute atomic E-state index is 5.51. The van der Waals surface area contributed by atoms with E-state index in [0.717, 1.165) is 19.0 Å². The fourth-order valence-electron chi connectivity index (χ4n) is 4.35. The number of hydrogen-bond donors (Lipinski definition) is 0. The van der Waals surface area contributed by atoms with Crippen LogP contribution in [0.25, 0.3) is 0 Å². The van der Waals surface area contributed by atoms with E-state index in [4.69, 9.17) is 13.3 Å². The summed E-state index contributed by atoms with van der Waals surface area (Å²) in [6.45, 7) is 5.73. The predicted octanol–water partition coefficient (Wildman–Crippen LogP) is 7.84. The van der Waals surface area contributed by atoms with Crippen molar-refractivity contribution >= 4 is 8.80 Å². The molecule has 0 fully saturated rings. The van der Waals surface area contributed by atoms with E-state index >= 15 is 0 Å². The molecule has 0 radical (unpaired) electrons. The van der Waals surface area contributed by atoms with Gasteiger partial charge in [0, 0.05) is 33.4 Å². The largest absolute Gasteiger partial charge is 0.500 e. The number of rotatable bonds is 24. The number of hydrogen-bond acceptors (Lipinski definition) is 4. The first-order valence-electron chi connectivity index (χ1n) is 13.4. The molecular formula is C26H57NO3Si. The van der Waals surface area contributed by atoms with Gasteiger partial charge in [-0.25, -0.2) is 0 Å². The second kappa shape index (κ2) is 21.9. The molecule has 0 aliphatic rings. The molecule has 0 spiro atoms. The van der Waals surface area contributed by atoms with Gasteiger partial charge in [0.25, 0.3) is 0 Å². The molecule has 5 heteroatoms. The Kier molecular flexibility index (Phi) is 21.9. The molecule has 0 heterocycles. The van der Waals surface area contributed by atoms with Crippen LogP contribution < -0.4 is 0 Å². The summed E-state index contributed by atoms with van der Waals surface area (Å²) >= 11 is 0. The van der Waals surface area contributed by atoms with E-state index in [9.17, 15) is 0 Å². The fraction of sp³-hybridized carbons (Fsp3) is 1.00. The Morgan fingerprint density at radius 2 is 1.00 bits per heavy atom. The van der Waals surface area contributed by atoms with Gasteiger partial charge in [0.1, 0.15) is 0 Å². The van der Waals surface area contributed by atoms with Crippen molar-refractivity contribution in [3.05, 3.63) is 0 Å². The molecule has 0 aromatic heterocycles. The van der Waals surface area contributed by atoms with E-state index in [-0.39, 0.29) is 0 Å². The van der Waals surface area contributed by atoms with Crippen molar-refractivity contribution in [1.29, 1.82) is 0 Å². The molecule has 0 N–H and O–H groups in total. The Hall–Kier alpha value is 0.0569. The van der Waals surface area contributed by atoms with Crippen molar-refractivity contribution in [1.82, 2.24) is 4.90 Å². The van der Waals surface area contributed by atoms with Crippen molar-refractivity contribution in [2.45, 2.75) is 135 Å². The molecule has 0 aliphatic heterocycles. The minimum atomic E-state index is -2.41. The van der Waals surface area contributed by atoms with Gasteiger partial charge < -0.3 is 18.2 Å². The van der Waals surface area contributed by atoms with Gasteiger partial charge in [0.2, 0.25) is 0 Å². The van der Waals surface area contributed by atoms with Crippen LogP contribution in [0.4, 0.5) is 0 Å². The van der Waals surface area contributed by atoms with Gasteiger partial charge >= 0.3 is 8.80 Å². The number of nitrogens with zero attached hydrogens (tertiary/aromatic N) is 1. The third-order valence-electron chi connectivity index (χ3n) is 6.90. The van der Waals surface area contributed by atoms with Crippen LogP contribution in [-0.4, -0.2) is 54.7 Å². The molecule has 0 aliphatic carbocycles. The van der Waals surface area contributed by atoms with Gasteiger partial charge in [-0.3, -0.25) is 0 Å². The normalized spacial score (nSPS) is 13.3. The first-order chi connectivity index (χ1) is 15.0. The fourth-order valence-corrected chi connectivity index (χ4v) is 6.06. The highest BCUT2D eigenvalue weighted by atomic mass is 28.4. The van der Waals surface area contributed by atoms with Gasteiger partial charge in [-0.2, -0.15) is 0 Å². The van der Waals surface area contributed by atoms with Gasteiger partial charge in [-0.15, -0.1) is 0 Å². The molecule has 0 bridgehead atoms. The topological polar surface area (TPSA) is 30.9 Å². The summed E-state index contributed by atoms with van der Waals surface area (Å²) in [5, 5.41) is 0. The van der Waals surface area contributed by atoms with Crippen molar-refractivity contribution in [3.8, 4) is 0 Å². The molecule has 0 saturated carbocycles. The van der Waals surface area contributed by atoms with Gasteiger partial charge in [-0.1, -0.05) is 103 Å². The Bertz CT molecular complexity index is 358. The van der Waals surface area contributed by atoms with Crippen molar-refractivity contribution in [2.75, 3.05) is 34.9 Å². The second-order valence-corrected chi connectivity index (χ2v) is 12.6. The quantitative estimate of drug-likeness (QED) is 0.109. The van der Waals surface area contributed by atoms with E-state index in [1.807, 2.05) is 0 Å². The zero-order chi connectivity index (χ0) is 23.2. The number of unbranched alkanes of at least 4 members (excludes halogenated alkanes) is 14. The predicted molar refractivity (Wildman–Crippen MR) is 138 cm³/mol. The second-order valence-electron chi connectivity index (χ2n) is 9.47. The van der Waals surface area contributed by atoms with E-state index in [2.05, 4.69) is 25.8 Å². The summed E-state index contributed by atoms with van der Waals surface area (Å²) < 4.78 is 16.5. The molecule has 4 nitrogen and oxygen atoms in total. The van der Waals surface area contributed by atoms with Crippen LogP contribution in [0.15, 0.2) is 0 Å². The van der Waals surface area contributed by atoms with E-state index < -0.39 is 8.80 Å². The molecule has 0 aromatic carbocycles. The lowest BCUT2D eigenvalue weighted by Gasteiger charge is -2.28. The van der Waals surface area contributed by atoms with Gasteiger partial charge in [-0.05, 0) is 33.4 Å². The lowest BCUT2D eigenvalue weighted by atomic mass is 10.0. The maximum atomic E-state index is 5.51. The van der Waals surface area contributed by atoms with Crippen molar-refractivity contribution in [2.24, 2.45) is 0 Å². The minimum Gasteiger partial charge on any atom is -0.377 e. The molecule has 1 unspecified atom stereocenters. The zero-order valence-corrected chi connectivity index (χ0v) is 23.2. The van der Waals surface area contributed by atoms with Gasteiger partial charge in [0.05, 0.1) is 0 Å². The first-order valence-corrected chi connectivity index (χ1v) is 15.3. The van der Waals surface area contributed by atoms with Crippen LogP contribution >= 0.6 is 0 Å². The zero-order valence-electron chi connectivity index (χ0n) is 22.2. The summed E-state index contributed by atoms with van der Waals surface area (Å²) in [6.07, 6.45) is 23.8. The molecule has 0 amide bonds. The third kappa shape index (κ3) is 17.2. The van der Waals surface area contributed by atoms with Crippen LogP contribution in [0.1, 0.15) is 123 Å². The molecular weight excluding hydrogens is 402 g/mol. The van der Waals surface area contributed by atoms with Gasteiger partial charge in [0.15, 0.2) is 0 Å². The monoisotopic (exact) mass is 459 g/mol. The average Bonchev–Trinajstić information content (AvgIpc) is 2.79. The maximum Gasteiger partial charge on any atom is 0.500 e. The SMILES string of the molecule is CCCCCCCCCCCCCCCCCC(C)N(C)CCC[Si](OC)(OC)OC. The molecule has 0 aromatic rings. The Balaban J connectivity index is 3.48. The van der Waals surface area contributed by atoms with Crippen LogP contribution in [0.2, 0.25) is 6.04 Å². The van der Waals surface area contributed by atoms with E-state index in [0.29, 0.717) is 6.04 Å². The minimum absolute atomic E-state index is 0.644. The highest BCUT2D eigenvalue weighted by Gasteiger charge is 2.37. The molecule has 0 saturated heterocycles. The highest BCUT2D eigenvalue weighted by molar-refractivity contribution is 6.60. The van der Waals surface area contributed by atoms with Crippen LogP contribution in [0.3, 0.4) is 0 Å². The summed E-state index contributed by atoms with van der Waals surface area (Å²) in [5.41, 5.74) is 0.